The molecule has 0 radical (unpaired) electrons. The lowest BCUT2D eigenvalue weighted by Gasteiger charge is -2.41. The van der Waals surface area contributed by atoms with E-state index in [1.807, 2.05) is 18.2 Å². The van der Waals surface area contributed by atoms with Gasteiger partial charge in [-0.3, -0.25) is 4.79 Å². The van der Waals surface area contributed by atoms with Crippen molar-refractivity contribution < 1.29 is 4.79 Å². The van der Waals surface area contributed by atoms with Crippen molar-refractivity contribution in [3.05, 3.63) is 23.2 Å². The van der Waals surface area contributed by atoms with Gasteiger partial charge < -0.3 is 10.2 Å². The van der Waals surface area contributed by atoms with Crippen molar-refractivity contribution in [2.24, 2.45) is 0 Å². The van der Waals surface area contributed by atoms with Crippen LogP contribution in [0.4, 0.5) is 11.4 Å². The van der Waals surface area contributed by atoms with Crippen LogP contribution in [0.5, 0.6) is 0 Å². The predicted molar refractivity (Wildman–Crippen MR) is 69.7 cm³/mol. The molecule has 1 aromatic carbocycles. The summed E-state index contributed by atoms with van der Waals surface area (Å²) < 4.78 is 0. The zero-order valence-corrected chi connectivity index (χ0v) is 10.7. The van der Waals surface area contributed by atoms with E-state index in [2.05, 4.69) is 24.1 Å². The molecule has 1 spiro atoms. The van der Waals surface area contributed by atoms with Crippen molar-refractivity contribution in [3.63, 3.8) is 0 Å². The van der Waals surface area contributed by atoms with Crippen LogP contribution in [0, 0.1) is 0 Å². The molecule has 1 heterocycles. The van der Waals surface area contributed by atoms with Crippen molar-refractivity contribution in [1.29, 1.82) is 0 Å². The molecule has 3 nitrogen and oxygen atoms in total. The van der Waals surface area contributed by atoms with E-state index in [0.29, 0.717) is 11.1 Å². The Morgan fingerprint density at radius 3 is 2.71 bits per heavy atom. The number of hydrogen-bond acceptors (Lipinski definition) is 2. The smallest absolute Gasteiger partial charge is 0.250 e. The average molecular weight is 251 g/mol. The molecular formula is C13H15ClN2O. The summed E-state index contributed by atoms with van der Waals surface area (Å²) >= 11 is 5.97. The number of benzene rings is 1. The van der Waals surface area contributed by atoms with Crippen LogP contribution < -0.4 is 10.2 Å². The zero-order valence-electron chi connectivity index (χ0n) is 9.96. The van der Waals surface area contributed by atoms with Crippen molar-refractivity contribution in [2.75, 3.05) is 10.2 Å². The topological polar surface area (TPSA) is 32.3 Å². The van der Waals surface area contributed by atoms with Gasteiger partial charge in [-0.2, -0.15) is 0 Å². The lowest BCUT2D eigenvalue weighted by Crippen LogP contribution is -2.53. The molecule has 1 aromatic rings. The van der Waals surface area contributed by atoms with Crippen molar-refractivity contribution in [3.8, 4) is 0 Å². The summed E-state index contributed by atoms with van der Waals surface area (Å²) in [5, 5.41) is 3.63. The minimum absolute atomic E-state index is 0.112. The molecule has 0 unspecified atom stereocenters. The van der Waals surface area contributed by atoms with E-state index >= 15 is 0 Å². The number of anilines is 2. The van der Waals surface area contributed by atoms with Crippen LogP contribution >= 0.6 is 11.6 Å². The molecule has 0 aromatic heterocycles. The van der Waals surface area contributed by atoms with Gasteiger partial charge in [-0.1, -0.05) is 11.6 Å². The Bertz CT molecular complexity index is 494. The number of nitrogens with zero attached hydrogens (tertiary/aromatic N) is 1. The second-order valence-corrected chi connectivity index (χ2v) is 5.55. The number of hydrogen-bond donors (Lipinski definition) is 1. The number of amides is 1. The first-order valence-electron chi connectivity index (χ1n) is 5.95. The highest BCUT2D eigenvalue weighted by molar-refractivity contribution is 6.31. The lowest BCUT2D eigenvalue weighted by molar-refractivity contribution is -0.118. The van der Waals surface area contributed by atoms with Crippen molar-refractivity contribution in [1.82, 2.24) is 0 Å². The molecule has 1 N–H and O–H groups in total. The van der Waals surface area contributed by atoms with Gasteiger partial charge in [0.15, 0.2) is 0 Å². The Hall–Kier alpha value is -1.22. The lowest BCUT2D eigenvalue weighted by atomic mass is 10.0. The molecule has 17 heavy (non-hydrogen) atoms. The van der Waals surface area contributed by atoms with Gasteiger partial charge >= 0.3 is 0 Å². The van der Waals surface area contributed by atoms with E-state index in [0.717, 1.165) is 24.2 Å². The van der Waals surface area contributed by atoms with Gasteiger partial charge in [0.25, 0.3) is 0 Å². The highest BCUT2D eigenvalue weighted by Gasteiger charge is 2.58. The third-order valence-corrected chi connectivity index (χ3v) is 3.83. The first kappa shape index (κ1) is 10.9. The minimum Gasteiger partial charge on any atom is -0.353 e. The summed E-state index contributed by atoms with van der Waals surface area (Å²) in [6.07, 6.45) is 1.89. The van der Waals surface area contributed by atoms with E-state index in [4.69, 9.17) is 11.6 Å². The van der Waals surface area contributed by atoms with Crippen LogP contribution in [0.25, 0.3) is 0 Å². The Morgan fingerprint density at radius 2 is 2.12 bits per heavy atom. The summed E-state index contributed by atoms with van der Waals surface area (Å²) in [7, 11) is 0. The molecule has 90 valence electrons. The minimum atomic E-state index is -0.297. The van der Waals surface area contributed by atoms with E-state index in [1.54, 1.807) is 0 Å². The molecule has 1 saturated carbocycles. The van der Waals surface area contributed by atoms with E-state index in [-0.39, 0.29) is 11.4 Å². The Labute approximate surface area is 106 Å². The van der Waals surface area contributed by atoms with Gasteiger partial charge in [-0.05, 0) is 44.9 Å². The molecule has 2 aliphatic rings. The van der Waals surface area contributed by atoms with Gasteiger partial charge in [-0.25, -0.2) is 0 Å². The summed E-state index contributed by atoms with van der Waals surface area (Å²) in [6, 6.07) is 6.00. The van der Waals surface area contributed by atoms with E-state index < -0.39 is 0 Å². The third-order valence-electron chi connectivity index (χ3n) is 3.59. The molecule has 0 atom stereocenters. The molecule has 0 bridgehead atoms. The van der Waals surface area contributed by atoms with Gasteiger partial charge in [0, 0.05) is 11.1 Å². The van der Waals surface area contributed by atoms with Gasteiger partial charge in [0.2, 0.25) is 5.91 Å². The number of nitrogens with one attached hydrogen (secondary N) is 1. The van der Waals surface area contributed by atoms with Gasteiger partial charge in [-0.15, -0.1) is 0 Å². The number of halogens is 1. The van der Waals surface area contributed by atoms with Crippen LogP contribution in [0.1, 0.15) is 26.7 Å². The molecule has 1 fully saturated rings. The standard InChI is InChI=1S/C13H15ClN2O/c1-8(2)16-11-4-3-9(14)7-10(11)15-12(17)13(16)5-6-13/h3-4,7-8H,5-6H2,1-2H3,(H,15,17). The molecule has 1 amide bonds. The maximum Gasteiger partial charge on any atom is 0.250 e. The third kappa shape index (κ3) is 1.45. The SMILES string of the molecule is CC(C)N1c2ccc(Cl)cc2NC(=O)C12CC2. The molecule has 1 aliphatic carbocycles. The summed E-state index contributed by atoms with van der Waals surface area (Å²) in [5.74, 6) is 0.112. The van der Waals surface area contributed by atoms with E-state index in [1.165, 1.54) is 0 Å². The number of carbonyl (C=O) groups excluding carboxylic acids is 1. The summed E-state index contributed by atoms with van der Waals surface area (Å²) in [6.45, 7) is 4.24. The summed E-state index contributed by atoms with van der Waals surface area (Å²) in [4.78, 5) is 14.4. The Kier molecular flexibility index (Phi) is 2.17. The number of fused-ring (bicyclic) bond motifs is 1. The fourth-order valence-electron chi connectivity index (χ4n) is 2.76. The predicted octanol–water partition coefficient (Wildman–Crippen LogP) is 3.04. The Balaban J connectivity index is 2.15. The van der Waals surface area contributed by atoms with Crippen LogP contribution in [-0.2, 0) is 4.79 Å². The molecule has 3 rings (SSSR count). The number of carbonyl (C=O) groups is 1. The fourth-order valence-corrected chi connectivity index (χ4v) is 2.93. The molecule has 1 aliphatic heterocycles. The highest BCUT2D eigenvalue weighted by atomic mass is 35.5. The monoisotopic (exact) mass is 250 g/mol. The Morgan fingerprint density at radius 1 is 1.41 bits per heavy atom. The second-order valence-electron chi connectivity index (χ2n) is 5.11. The first-order valence-corrected chi connectivity index (χ1v) is 6.33. The van der Waals surface area contributed by atoms with E-state index in [9.17, 15) is 4.79 Å². The highest BCUT2D eigenvalue weighted by Crippen LogP contribution is 2.51. The van der Waals surface area contributed by atoms with Gasteiger partial charge in [0.1, 0.15) is 5.54 Å². The van der Waals surface area contributed by atoms with Crippen molar-refractivity contribution in [2.45, 2.75) is 38.3 Å². The summed E-state index contributed by atoms with van der Waals surface area (Å²) in [5.41, 5.74) is 1.62. The van der Waals surface area contributed by atoms with Crippen LogP contribution in [0.3, 0.4) is 0 Å². The first-order chi connectivity index (χ1) is 8.04. The van der Waals surface area contributed by atoms with Crippen LogP contribution in [-0.4, -0.2) is 17.5 Å². The zero-order chi connectivity index (χ0) is 12.2. The van der Waals surface area contributed by atoms with Crippen LogP contribution in [0.15, 0.2) is 18.2 Å². The van der Waals surface area contributed by atoms with Gasteiger partial charge in [0.05, 0.1) is 11.4 Å². The quantitative estimate of drug-likeness (QED) is 0.831. The van der Waals surface area contributed by atoms with Crippen LogP contribution in [0.2, 0.25) is 5.02 Å². The second kappa shape index (κ2) is 3.39. The molecule has 0 saturated heterocycles. The normalized spacial score (nSPS) is 20.5. The van der Waals surface area contributed by atoms with Crippen molar-refractivity contribution >= 4 is 28.9 Å². The number of rotatable bonds is 1. The molecule has 4 heteroatoms. The maximum atomic E-state index is 12.2. The fraction of sp³-hybridized carbons (Fsp3) is 0.462. The maximum absolute atomic E-state index is 12.2. The average Bonchev–Trinajstić information content (AvgIpc) is 3.01. The molecular weight excluding hydrogens is 236 g/mol. The largest absolute Gasteiger partial charge is 0.353 e.